The number of fused-ring (bicyclic) bond motifs is 1. The molecule has 0 spiro atoms. The van der Waals surface area contributed by atoms with E-state index in [2.05, 4.69) is 54.9 Å². The van der Waals surface area contributed by atoms with Crippen molar-refractivity contribution in [2.75, 3.05) is 0 Å². The van der Waals surface area contributed by atoms with Gasteiger partial charge in [-0.15, -0.1) is 0 Å². The van der Waals surface area contributed by atoms with Crippen molar-refractivity contribution in [3.8, 4) is 0 Å². The van der Waals surface area contributed by atoms with Crippen LogP contribution >= 0.6 is 0 Å². The average Bonchev–Trinajstić information content (AvgIpc) is 2.69. The number of rotatable bonds is 4. The minimum absolute atomic E-state index is 0.616. The summed E-state index contributed by atoms with van der Waals surface area (Å²) in [6.45, 7) is 4.56. The van der Waals surface area contributed by atoms with Crippen molar-refractivity contribution in [1.82, 2.24) is 4.57 Å². The molecule has 0 bridgehead atoms. The lowest BCUT2D eigenvalue weighted by molar-refractivity contribution is 0.498. The molecule has 1 aromatic heterocycles. The summed E-state index contributed by atoms with van der Waals surface area (Å²) < 4.78 is 2.39. The van der Waals surface area contributed by atoms with Crippen LogP contribution in [-0.2, 0) is 0 Å². The molecule has 0 fully saturated rings. The zero-order valence-electron chi connectivity index (χ0n) is 9.61. The molecule has 0 saturated heterocycles. The van der Waals surface area contributed by atoms with Gasteiger partial charge in [-0.1, -0.05) is 38.0 Å². The first-order valence-corrected chi connectivity index (χ1v) is 5.88. The fourth-order valence-corrected chi connectivity index (χ4v) is 2.13. The molecule has 0 aliphatic heterocycles. The van der Waals surface area contributed by atoms with Crippen LogP contribution < -0.4 is 0 Å². The van der Waals surface area contributed by atoms with Crippen molar-refractivity contribution >= 4 is 10.9 Å². The van der Waals surface area contributed by atoms with Crippen molar-refractivity contribution in [3.05, 3.63) is 36.5 Å². The summed E-state index contributed by atoms with van der Waals surface area (Å²) in [5.74, 6) is 0. The van der Waals surface area contributed by atoms with Crippen molar-refractivity contribution < 1.29 is 0 Å². The molecular formula is C14H19N. The van der Waals surface area contributed by atoms with E-state index in [0.717, 1.165) is 0 Å². The van der Waals surface area contributed by atoms with Crippen LogP contribution in [0.15, 0.2) is 36.5 Å². The zero-order valence-corrected chi connectivity index (χ0v) is 9.61. The Kier molecular flexibility index (Phi) is 3.10. The van der Waals surface area contributed by atoms with Gasteiger partial charge in [0.2, 0.25) is 0 Å². The Balaban J connectivity index is 2.27. The van der Waals surface area contributed by atoms with Crippen LogP contribution in [0.1, 0.15) is 39.2 Å². The Morgan fingerprint density at radius 3 is 2.80 bits per heavy atom. The van der Waals surface area contributed by atoms with E-state index in [1.807, 2.05) is 0 Å². The van der Waals surface area contributed by atoms with Gasteiger partial charge in [-0.2, -0.15) is 0 Å². The van der Waals surface area contributed by atoms with Crippen molar-refractivity contribution in [3.63, 3.8) is 0 Å². The van der Waals surface area contributed by atoms with E-state index in [-0.39, 0.29) is 0 Å². The SMILES string of the molecule is CCCCC(C)n1ccc2ccccc21. The summed E-state index contributed by atoms with van der Waals surface area (Å²) in [6, 6.07) is 11.4. The number of aromatic nitrogens is 1. The van der Waals surface area contributed by atoms with Gasteiger partial charge >= 0.3 is 0 Å². The van der Waals surface area contributed by atoms with E-state index in [4.69, 9.17) is 0 Å². The lowest BCUT2D eigenvalue weighted by Gasteiger charge is -2.14. The average molecular weight is 201 g/mol. The standard InChI is InChI=1S/C14H19N/c1-3-4-7-12(2)15-11-10-13-8-5-6-9-14(13)15/h5-6,8-12H,3-4,7H2,1-2H3. The van der Waals surface area contributed by atoms with Gasteiger partial charge in [-0.05, 0) is 30.9 Å². The molecule has 15 heavy (non-hydrogen) atoms. The number of benzene rings is 1. The third kappa shape index (κ3) is 2.06. The Morgan fingerprint density at radius 1 is 1.20 bits per heavy atom. The molecule has 1 nitrogen and oxygen atoms in total. The van der Waals surface area contributed by atoms with Gasteiger partial charge in [0.25, 0.3) is 0 Å². The summed E-state index contributed by atoms with van der Waals surface area (Å²) in [5.41, 5.74) is 1.36. The first-order valence-electron chi connectivity index (χ1n) is 5.88. The Labute approximate surface area is 91.7 Å². The van der Waals surface area contributed by atoms with Crippen LogP contribution in [0.3, 0.4) is 0 Å². The Hall–Kier alpha value is -1.24. The first-order chi connectivity index (χ1) is 7.33. The predicted octanol–water partition coefficient (Wildman–Crippen LogP) is 4.39. The molecular weight excluding hydrogens is 182 g/mol. The van der Waals surface area contributed by atoms with Crippen LogP contribution in [0.2, 0.25) is 0 Å². The third-order valence-electron chi connectivity index (χ3n) is 3.08. The maximum Gasteiger partial charge on any atom is 0.0482 e. The molecule has 2 aromatic rings. The molecule has 1 heteroatoms. The Bertz CT molecular complexity index is 428. The molecule has 1 unspecified atom stereocenters. The number of unbranched alkanes of at least 4 members (excludes halogenated alkanes) is 1. The van der Waals surface area contributed by atoms with Crippen LogP contribution in [0.5, 0.6) is 0 Å². The molecule has 1 atom stereocenters. The summed E-state index contributed by atoms with van der Waals surface area (Å²) >= 11 is 0. The zero-order chi connectivity index (χ0) is 10.7. The van der Waals surface area contributed by atoms with Gasteiger partial charge in [0.05, 0.1) is 0 Å². The van der Waals surface area contributed by atoms with E-state index < -0.39 is 0 Å². The number of para-hydroxylation sites is 1. The quantitative estimate of drug-likeness (QED) is 0.691. The minimum atomic E-state index is 0.616. The summed E-state index contributed by atoms with van der Waals surface area (Å²) in [5, 5.41) is 1.35. The highest BCUT2D eigenvalue weighted by molar-refractivity contribution is 5.80. The van der Waals surface area contributed by atoms with Crippen LogP contribution in [-0.4, -0.2) is 4.57 Å². The first kappa shape index (κ1) is 10.3. The monoisotopic (exact) mass is 201 g/mol. The van der Waals surface area contributed by atoms with Crippen LogP contribution in [0, 0.1) is 0 Å². The van der Waals surface area contributed by atoms with E-state index in [1.54, 1.807) is 0 Å². The van der Waals surface area contributed by atoms with Gasteiger partial charge < -0.3 is 4.57 Å². The molecule has 0 radical (unpaired) electrons. The minimum Gasteiger partial charge on any atom is -0.345 e. The molecule has 2 rings (SSSR count). The van der Waals surface area contributed by atoms with Gasteiger partial charge in [-0.25, -0.2) is 0 Å². The smallest absolute Gasteiger partial charge is 0.0482 e. The van der Waals surface area contributed by atoms with Crippen LogP contribution in [0.25, 0.3) is 10.9 Å². The largest absolute Gasteiger partial charge is 0.345 e. The lowest BCUT2D eigenvalue weighted by Crippen LogP contribution is -2.02. The lowest BCUT2D eigenvalue weighted by atomic mass is 10.1. The maximum absolute atomic E-state index is 2.39. The number of nitrogens with zero attached hydrogens (tertiary/aromatic N) is 1. The van der Waals surface area contributed by atoms with Crippen molar-refractivity contribution in [1.29, 1.82) is 0 Å². The maximum atomic E-state index is 2.39. The third-order valence-corrected chi connectivity index (χ3v) is 3.08. The number of hydrogen-bond acceptors (Lipinski definition) is 0. The summed E-state index contributed by atoms with van der Waals surface area (Å²) in [7, 11) is 0. The van der Waals surface area contributed by atoms with Gasteiger partial charge in [-0.3, -0.25) is 0 Å². The van der Waals surface area contributed by atoms with Crippen molar-refractivity contribution in [2.24, 2.45) is 0 Å². The van der Waals surface area contributed by atoms with Crippen molar-refractivity contribution in [2.45, 2.75) is 39.2 Å². The second-order valence-corrected chi connectivity index (χ2v) is 4.27. The van der Waals surface area contributed by atoms with Gasteiger partial charge in [0.15, 0.2) is 0 Å². The second kappa shape index (κ2) is 4.52. The molecule has 0 aliphatic rings. The highest BCUT2D eigenvalue weighted by Crippen LogP contribution is 2.22. The fourth-order valence-electron chi connectivity index (χ4n) is 2.13. The number of hydrogen-bond donors (Lipinski definition) is 0. The van der Waals surface area contributed by atoms with E-state index in [1.165, 1.54) is 30.2 Å². The fraction of sp³-hybridized carbons (Fsp3) is 0.429. The summed E-state index contributed by atoms with van der Waals surface area (Å²) in [4.78, 5) is 0. The highest BCUT2D eigenvalue weighted by Gasteiger charge is 2.06. The molecule has 0 aliphatic carbocycles. The molecule has 0 N–H and O–H groups in total. The van der Waals surface area contributed by atoms with E-state index in [9.17, 15) is 0 Å². The summed E-state index contributed by atoms with van der Waals surface area (Å²) in [6.07, 6.45) is 6.08. The van der Waals surface area contributed by atoms with E-state index >= 15 is 0 Å². The highest BCUT2D eigenvalue weighted by atomic mass is 15.0. The molecule has 0 amide bonds. The van der Waals surface area contributed by atoms with Gasteiger partial charge in [0.1, 0.15) is 0 Å². The predicted molar refractivity (Wildman–Crippen MR) is 66.2 cm³/mol. The molecule has 80 valence electrons. The Morgan fingerprint density at radius 2 is 2.00 bits per heavy atom. The molecule has 1 heterocycles. The molecule has 0 saturated carbocycles. The van der Waals surface area contributed by atoms with Gasteiger partial charge in [0, 0.05) is 17.8 Å². The normalized spacial score (nSPS) is 13.2. The molecule has 1 aromatic carbocycles. The van der Waals surface area contributed by atoms with E-state index in [0.29, 0.717) is 6.04 Å². The topological polar surface area (TPSA) is 4.93 Å². The van der Waals surface area contributed by atoms with Crippen LogP contribution in [0.4, 0.5) is 0 Å². The second-order valence-electron chi connectivity index (χ2n) is 4.27.